The van der Waals surface area contributed by atoms with Gasteiger partial charge in [0, 0.05) is 12.3 Å². The van der Waals surface area contributed by atoms with Crippen LogP contribution in [0.4, 0.5) is 0 Å². The zero-order chi connectivity index (χ0) is 17.9. The van der Waals surface area contributed by atoms with Crippen LogP contribution in [0.1, 0.15) is 30.9 Å². The molecule has 1 fully saturated rings. The van der Waals surface area contributed by atoms with Crippen LogP contribution >= 0.6 is 23.2 Å². The Balaban J connectivity index is 2.37. The van der Waals surface area contributed by atoms with Gasteiger partial charge in [0.25, 0.3) is 0 Å². The van der Waals surface area contributed by atoms with E-state index in [0.717, 1.165) is 5.56 Å². The molecule has 1 saturated carbocycles. The van der Waals surface area contributed by atoms with Crippen molar-refractivity contribution in [2.45, 2.75) is 32.3 Å². The van der Waals surface area contributed by atoms with Crippen molar-refractivity contribution in [3.05, 3.63) is 46.0 Å². The van der Waals surface area contributed by atoms with Gasteiger partial charge in [-0.2, -0.15) is 0 Å². The molecular weight excluding hydrogens is 351 g/mol. The Labute approximate surface area is 151 Å². The Morgan fingerprint density at radius 2 is 2.00 bits per heavy atom. The minimum Gasteiger partial charge on any atom is -0.465 e. The molecule has 24 heavy (non-hydrogen) atoms. The molecule has 0 spiro atoms. The van der Waals surface area contributed by atoms with Crippen molar-refractivity contribution >= 4 is 35.0 Å². The van der Waals surface area contributed by atoms with Crippen molar-refractivity contribution in [3.63, 3.8) is 0 Å². The molecule has 0 saturated heterocycles. The van der Waals surface area contributed by atoms with Crippen LogP contribution in [-0.4, -0.2) is 23.5 Å². The molecule has 0 aromatic heterocycles. The van der Waals surface area contributed by atoms with Crippen LogP contribution in [0.5, 0.6) is 0 Å². The molecule has 130 valence electrons. The minimum absolute atomic E-state index is 0.0461. The number of benzene rings is 1. The minimum atomic E-state index is -1.36. The smallest absolute Gasteiger partial charge is 0.317 e. The van der Waals surface area contributed by atoms with Crippen LogP contribution in [0.25, 0.3) is 0 Å². The van der Waals surface area contributed by atoms with E-state index in [0.29, 0.717) is 5.56 Å². The quantitative estimate of drug-likeness (QED) is 0.648. The van der Waals surface area contributed by atoms with E-state index >= 15 is 0 Å². The molecule has 0 radical (unpaired) electrons. The summed E-state index contributed by atoms with van der Waals surface area (Å²) in [5, 5.41) is 11.0. The van der Waals surface area contributed by atoms with Crippen molar-refractivity contribution in [1.82, 2.24) is 0 Å². The van der Waals surface area contributed by atoms with Gasteiger partial charge in [-0.1, -0.05) is 53.0 Å². The van der Waals surface area contributed by atoms with E-state index in [1.54, 1.807) is 19.1 Å². The van der Waals surface area contributed by atoms with E-state index in [2.05, 4.69) is 0 Å². The monoisotopic (exact) mass is 370 g/mol. The molecule has 3 atom stereocenters. The number of esters is 1. The Morgan fingerprint density at radius 3 is 2.54 bits per heavy atom. The van der Waals surface area contributed by atoms with Gasteiger partial charge in [0.1, 0.15) is 10.4 Å². The van der Waals surface area contributed by atoms with E-state index in [4.69, 9.17) is 27.9 Å². The summed E-state index contributed by atoms with van der Waals surface area (Å²) in [6.07, 6.45) is 1.44. The highest BCUT2D eigenvalue weighted by atomic mass is 35.5. The number of carbonyl (C=O) groups is 2. The largest absolute Gasteiger partial charge is 0.465 e. The Kier molecular flexibility index (Phi) is 6.07. The van der Waals surface area contributed by atoms with Crippen molar-refractivity contribution in [1.29, 1.82) is 0 Å². The molecule has 1 aromatic rings. The van der Waals surface area contributed by atoms with E-state index < -0.39 is 23.4 Å². The van der Waals surface area contributed by atoms with Crippen LogP contribution in [-0.2, 0) is 19.9 Å². The van der Waals surface area contributed by atoms with Crippen molar-refractivity contribution < 1.29 is 19.4 Å². The number of Topliss-reactive ketones (excluding diaryl/α,β-unsaturated/α-hetero) is 1. The summed E-state index contributed by atoms with van der Waals surface area (Å²) in [6.45, 7) is 3.79. The first-order valence-corrected chi connectivity index (χ1v) is 8.54. The summed E-state index contributed by atoms with van der Waals surface area (Å²) < 4.78 is 4.95. The van der Waals surface area contributed by atoms with E-state index in [1.165, 1.54) is 6.08 Å². The second-order valence-corrected chi connectivity index (χ2v) is 7.10. The summed E-state index contributed by atoms with van der Waals surface area (Å²) in [6, 6.07) is 7.32. The molecule has 1 aliphatic carbocycles. The molecule has 0 unspecified atom stereocenters. The van der Waals surface area contributed by atoms with Gasteiger partial charge in [-0.05, 0) is 31.9 Å². The molecule has 0 amide bonds. The lowest BCUT2D eigenvalue weighted by atomic mass is 9.68. The first-order valence-electron chi connectivity index (χ1n) is 7.78. The molecule has 1 aliphatic rings. The second kappa shape index (κ2) is 7.68. The van der Waals surface area contributed by atoms with E-state index in [-0.39, 0.29) is 29.7 Å². The van der Waals surface area contributed by atoms with Gasteiger partial charge in [-0.25, -0.2) is 0 Å². The van der Waals surface area contributed by atoms with E-state index in [9.17, 15) is 14.7 Å². The summed E-state index contributed by atoms with van der Waals surface area (Å²) >= 11 is 11.5. The van der Waals surface area contributed by atoms with Crippen LogP contribution in [0.15, 0.2) is 34.8 Å². The van der Waals surface area contributed by atoms with Gasteiger partial charge < -0.3 is 9.84 Å². The normalized spacial score (nSPS) is 26.8. The number of ether oxygens (including phenoxy) is 1. The van der Waals surface area contributed by atoms with Gasteiger partial charge in [-0.3, -0.25) is 9.59 Å². The molecule has 4 nitrogen and oxygen atoms in total. The van der Waals surface area contributed by atoms with Crippen LogP contribution in [0.2, 0.25) is 0 Å². The third-order valence-corrected chi connectivity index (χ3v) is 4.54. The maximum absolute atomic E-state index is 12.6. The van der Waals surface area contributed by atoms with Gasteiger partial charge in [0.05, 0.1) is 12.2 Å². The average Bonchev–Trinajstić information content (AvgIpc) is 2.46. The zero-order valence-electron chi connectivity index (χ0n) is 13.6. The number of allylic oxidation sites excluding steroid dienone is 1. The average molecular weight is 371 g/mol. The lowest BCUT2D eigenvalue weighted by Crippen LogP contribution is -2.45. The molecule has 6 heteroatoms. The first-order chi connectivity index (χ1) is 11.3. The number of carbonyl (C=O) groups excluding carboxylic acids is 2. The molecule has 0 heterocycles. The number of hydrogen-bond donors (Lipinski definition) is 1. The number of aliphatic hydroxyl groups is 1. The fourth-order valence-electron chi connectivity index (χ4n) is 3.16. The lowest BCUT2D eigenvalue weighted by molar-refractivity contribution is -0.159. The topological polar surface area (TPSA) is 63.6 Å². The standard InChI is InChI=1S/C18H20Cl2O4/c1-3-24-17(22)16-12(8-15(19)20)9-18(23,10-14(16)21)13-6-4-11(2)5-7-13/h4-8,12,16,23H,3,9-10H2,1-2H3/t12-,16-,18-/m1/s1. The van der Waals surface area contributed by atoms with E-state index in [1.807, 2.05) is 19.1 Å². The van der Waals surface area contributed by atoms with Crippen LogP contribution in [0, 0.1) is 18.8 Å². The zero-order valence-corrected chi connectivity index (χ0v) is 15.1. The Hall–Kier alpha value is -1.36. The highest BCUT2D eigenvalue weighted by molar-refractivity contribution is 6.55. The predicted octanol–water partition coefficient (Wildman–Crippen LogP) is 3.66. The number of rotatable bonds is 4. The van der Waals surface area contributed by atoms with Crippen molar-refractivity contribution in [2.75, 3.05) is 6.61 Å². The Bertz CT molecular complexity index is 649. The summed E-state index contributed by atoms with van der Waals surface area (Å²) in [7, 11) is 0. The molecule has 0 bridgehead atoms. The molecule has 1 aromatic carbocycles. The third-order valence-electron chi connectivity index (χ3n) is 4.28. The van der Waals surface area contributed by atoms with Crippen LogP contribution < -0.4 is 0 Å². The first kappa shape index (κ1) is 19.0. The van der Waals surface area contributed by atoms with Crippen molar-refractivity contribution in [3.8, 4) is 0 Å². The maximum atomic E-state index is 12.6. The fourth-order valence-corrected chi connectivity index (χ4v) is 3.48. The SMILES string of the molecule is CCOC(=O)[C@H]1C(=O)C[C@@](O)(c2ccc(C)cc2)C[C@H]1C=C(Cl)Cl. The van der Waals surface area contributed by atoms with Gasteiger partial charge in [-0.15, -0.1) is 0 Å². The summed E-state index contributed by atoms with van der Waals surface area (Å²) in [5.74, 6) is -2.60. The Morgan fingerprint density at radius 1 is 1.38 bits per heavy atom. The molecule has 1 N–H and O–H groups in total. The molecular formula is C18H20Cl2O4. The number of halogens is 2. The lowest BCUT2D eigenvalue weighted by Gasteiger charge is -2.39. The van der Waals surface area contributed by atoms with Gasteiger partial charge in [0.15, 0.2) is 5.78 Å². The highest BCUT2D eigenvalue weighted by Crippen LogP contribution is 2.43. The number of hydrogen-bond acceptors (Lipinski definition) is 4. The predicted molar refractivity (Wildman–Crippen MR) is 92.7 cm³/mol. The van der Waals surface area contributed by atoms with Crippen LogP contribution in [0.3, 0.4) is 0 Å². The summed E-state index contributed by atoms with van der Waals surface area (Å²) in [4.78, 5) is 24.7. The highest BCUT2D eigenvalue weighted by Gasteiger charge is 2.48. The summed E-state index contributed by atoms with van der Waals surface area (Å²) in [5.41, 5.74) is 0.319. The fraction of sp³-hybridized carbons (Fsp3) is 0.444. The molecule has 0 aliphatic heterocycles. The van der Waals surface area contributed by atoms with Gasteiger partial charge >= 0.3 is 5.97 Å². The second-order valence-electron chi connectivity index (χ2n) is 6.09. The maximum Gasteiger partial charge on any atom is 0.317 e. The number of aryl methyl sites for hydroxylation is 1. The third kappa shape index (κ3) is 4.18. The van der Waals surface area contributed by atoms with Gasteiger partial charge in [0.2, 0.25) is 0 Å². The molecule has 2 rings (SSSR count). The number of ketones is 1. The van der Waals surface area contributed by atoms with Crippen molar-refractivity contribution in [2.24, 2.45) is 11.8 Å².